The molecular weight excluding hydrogens is 220 g/mol. The molecule has 0 radical (unpaired) electrons. The highest BCUT2D eigenvalue weighted by Gasteiger charge is 2.05. The first kappa shape index (κ1) is 11.2. The molecule has 0 amide bonds. The van der Waals surface area contributed by atoms with E-state index < -0.39 is 5.97 Å². The summed E-state index contributed by atoms with van der Waals surface area (Å²) in [7, 11) is 1.89. The van der Waals surface area contributed by atoms with Gasteiger partial charge in [-0.3, -0.25) is 0 Å². The highest BCUT2D eigenvalue weighted by Crippen LogP contribution is 2.23. The number of benzene rings is 1. The Morgan fingerprint density at radius 1 is 1.53 bits per heavy atom. The van der Waals surface area contributed by atoms with Crippen LogP contribution in [0.3, 0.4) is 0 Å². The maximum absolute atomic E-state index is 10.6. The molecule has 17 heavy (non-hydrogen) atoms. The zero-order chi connectivity index (χ0) is 12.4. The van der Waals surface area contributed by atoms with Crippen LogP contribution in [0, 0.1) is 0 Å². The first-order chi connectivity index (χ1) is 8.08. The van der Waals surface area contributed by atoms with E-state index in [1.165, 1.54) is 13.1 Å². The number of hydrogen-bond donors (Lipinski definition) is 1. The molecule has 1 heterocycles. The van der Waals surface area contributed by atoms with Crippen LogP contribution in [0.5, 0.6) is 5.75 Å². The lowest BCUT2D eigenvalue weighted by molar-refractivity contribution is -0.140. The number of aromatic hydroxyl groups is 1. The molecule has 1 N–H and O–H groups in total. The van der Waals surface area contributed by atoms with Crippen LogP contribution in [0.2, 0.25) is 0 Å². The van der Waals surface area contributed by atoms with Crippen LogP contribution in [-0.4, -0.2) is 21.9 Å². The lowest BCUT2D eigenvalue weighted by Crippen LogP contribution is -1.91. The molecule has 2 aromatic rings. The second-order valence-corrected chi connectivity index (χ2v) is 3.71. The quantitative estimate of drug-likeness (QED) is 0.487. The van der Waals surface area contributed by atoms with Gasteiger partial charge in [-0.05, 0) is 18.2 Å². The number of fused-ring (bicyclic) bond motifs is 1. The van der Waals surface area contributed by atoms with Gasteiger partial charge < -0.3 is 14.5 Å². The molecule has 0 unspecified atom stereocenters. The van der Waals surface area contributed by atoms with Crippen LogP contribution in [0.4, 0.5) is 0 Å². The molecule has 88 valence electrons. The van der Waals surface area contributed by atoms with Gasteiger partial charge in [0.2, 0.25) is 0 Å². The van der Waals surface area contributed by atoms with Crippen molar-refractivity contribution >= 4 is 23.1 Å². The minimum Gasteiger partial charge on any atom is -0.508 e. The monoisotopic (exact) mass is 232 g/mol. The molecule has 0 fully saturated rings. The summed E-state index contributed by atoms with van der Waals surface area (Å²) in [6.07, 6.45) is 3.29. The number of aryl methyl sites for hydroxylation is 1. The highest BCUT2D eigenvalue weighted by molar-refractivity contribution is 5.99. The number of phenols is 1. The molecule has 0 atom stereocenters. The van der Waals surface area contributed by atoms with E-state index in [-0.39, 0.29) is 5.75 Å². The molecule has 2 rings (SSSR count). The summed E-state index contributed by atoms with van der Waals surface area (Å²) in [6.45, 7) is 1.28. The summed E-state index contributed by atoms with van der Waals surface area (Å²) in [6, 6.07) is 5.08. The zero-order valence-electron chi connectivity index (χ0n) is 9.54. The molecule has 0 saturated carbocycles. The van der Waals surface area contributed by atoms with Crippen molar-refractivity contribution in [1.29, 1.82) is 0 Å². The lowest BCUT2D eigenvalue weighted by atomic mass is 10.2. The minimum absolute atomic E-state index is 0.186. The largest absolute Gasteiger partial charge is 0.508 e. The zero-order valence-corrected chi connectivity index (χ0v) is 9.54. The van der Waals surface area contributed by atoms with Crippen molar-refractivity contribution in [3.05, 3.63) is 30.0 Å². The van der Waals surface area contributed by atoms with Gasteiger partial charge >= 0.3 is 5.97 Å². The number of aromatic nitrogens is 1. The Kier molecular flexibility index (Phi) is 2.82. The van der Waals surface area contributed by atoms with Crippen molar-refractivity contribution in [3.63, 3.8) is 0 Å². The lowest BCUT2D eigenvalue weighted by Gasteiger charge is -1.96. The van der Waals surface area contributed by atoms with Gasteiger partial charge in [-0.15, -0.1) is 0 Å². The van der Waals surface area contributed by atoms with Crippen LogP contribution in [0.15, 0.2) is 29.6 Å². The first-order valence-electron chi connectivity index (χ1n) is 5.07. The van der Waals surface area contributed by atoms with E-state index in [1.807, 2.05) is 23.9 Å². The van der Waals surface area contributed by atoms with E-state index >= 15 is 0 Å². The van der Waals surface area contributed by atoms with Crippen LogP contribution in [-0.2, 0) is 16.7 Å². The average Bonchev–Trinajstić information content (AvgIpc) is 2.55. The molecule has 1 aromatic heterocycles. The smallest absolute Gasteiger partial charge is 0.331 e. The number of hydrogen-bond acceptors (Lipinski definition) is 4. The van der Waals surface area contributed by atoms with E-state index in [0.29, 0.717) is 0 Å². The van der Waals surface area contributed by atoms with E-state index in [9.17, 15) is 9.90 Å². The second kappa shape index (κ2) is 4.29. The third kappa shape index (κ3) is 2.28. The molecule has 0 aliphatic carbocycles. The number of rotatable bonds is 2. The van der Waals surface area contributed by atoms with Crippen molar-refractivity contribution in [2.24, 2.45) is 12.2 Å². The molecule has 5 nitrogen and oxygen atoms in total. The Hall–Kier alpha value is -2.30. The maximum Gasteiger partial charge on any atom is 0.331 e. The predicted molar refractivity (Wildman–Crippen MR) is 63.9 cm³/mol. The summed E-state index contributed by atoms with van der Waals surface area (Å²) in [4.78, 5) is 15.1. The van der Waals surface area contributed by atoms with Crippen LogP contribution < -0.4 is 0 Å². The van der Waals surface area contributed by atoms with Gasteiger partial charge in [0, 0.05) is 36.6 Å². The molecule has 0 spiro atoms. The van der Waals surface area contributed by atoms with Crippen molar-refractivity contribution in [3.8, 4) is 5.75 Å². The third-order valence-corrected chi connectivity index (χ3v) is 2.38. The van der Waals surface area contributed by atoms with E-state index in [0.717, 1.165) is 16.5 Å². The van der Waals surface area contributed by atoms with Gasteiger partial charge in [0.05, 0.1) is 6.21 Å². The highest BCUT2D eigenvalue weighted by atomic mass is 16.7. The van der Waals surface area contributed by atoms with Gasteiger partial charge in [-0.25, -0.2) is 4.79 Å². The summed E-state index contributed by atoms with van der Waals surface area (Å²) in [5.74, 6) is -0.282. The standard InChI is InChI=1S/C12H12N2O3/c1-8(15)17-13-6-9-7-14(2)12-4-3-10(16)5-11(9)12/h3-7,16H,1-2H3/b13-6+. The Morgan fingerprint density at radius 3 is 3.00 bits per heavy atom. The predicted octanol–water partition coefficient (Wildman–Crippen LogP) is 1.78. The second-order valence-electron chi connectivity index (χ2n) is 3.71. The van der Waals surface area contributed by atoms with Gasteiger partial charge in [-0.1, -0.05) is 5.16 Å². The maximum atomic E-state index is 10.6. The summed E-state index contributed by atoms with van der Waals surface area (Å²) in [5.41, 5.74) is 1.74. The van der Waals surface area contributed by atoms with Crippen LogP contribution >= 0.6 is 0 Å². The average molecular weight is 232 g/mol. The number of carbonyl (C=O) groups excluding carboxylic acids is 1. The van der Waals surface area contributed by atoms with Gasteiger partial charge in [0.25, 0.3) is 0 Å². The molecule has 0 bridgehead atoms. The fraction of sp³-hybridized carbons (Fsp3) is 0.167. The van der Waals surface area contributed by atoms with Crippen LogP contribution in [0.25, 0.3) is 10.9 Å². The Bertz CT molecular complexity index is 599. The Labute approximate surface area is 97.9 Å². The summed E-state index contributed by atoms with van der Waals surface area (Å²) < 4.78 is 1.91. The van der Waals surface area contributed by atoms with E-state index in [2.05, 4.69) is 9.99 Å². The summed E-state index contributed by atoms with van der Waals surface area (Å²) in [5, 5.41) is 13.9. The van der Waals surface area contributed by atoms with Crippen molar-refractivity contribution in [2.45, 2.75) is 6.92 Å². The number of nitrogens with zero attached hydrogens (tertiary/aromatic N) is 2. The van der Waals surface area contributed by atoms with Gasteiger partial charge in [-0.2, -0.15) is 0 Å². The SMILES string of the molecule is CC(=O)O/N=C/c1cn(C)c2ccc(O)cc12. The first-order valence-corrected chi connectivity index (χ1v) is 5.07. The van der Waals surface area contributed by atoms with Crippen molar-refractivity contribution < 1.29 is 14.7 Å². The normalized spacial score (nSPS) is 11.2. The topological polar surface area (TPSA) is 63.8 Å². The molecule has 0 aliphatic heterocycles. The summed E-state index contributed by atoms with van der Waals surface area (Å²) >= 11 is 0. The molecule has 0 aliphatic rings. The van der Waals surface area contributed by atoms with E-state index in [4.69, 9.17) is 0 Å². The van der Waals surface area contributed by atoms with Gasteiger partial charge in [0.15, 0.2) is 0 Å². The number of phenolic OH excluding ortho intramolecular Hbond substituents is 1. The van der Waals surface area contributed by atoms with Gasteiger partial charge in [0.1, 0.15) is 5.75 Å². The number of oxime groups is 1. The molecule has 5 heteroatoms. The molecular formula is C12H12N2O3. The fourth-order valence-corrected chi connectivity index (χ4v) is 1.67. The van der Waals surface area contributed by atoms with Crippen LogP contribution in [0.1, 0.15) is 12.5 Å². The molecule has 0 saturated heterocycles. The third-order valence-electron chi connectivity index (χ3n) is 2.38. The fourth-order valence-electron chi connectivity index (χ4n) is 1.67. The minimum atomic E-state index is -0.468. The van der Waals surface area contributed by atoms with Crippen molar-refractivity contribution in [2.75, 3.05) is 0 Å². The Balaban J connectivity index is 2.43. The van der Waals surface area contributed by atoms with E-state index in [1.54, 1.807) is 12.1 Å². The molecule has 1 aromatic carbocycles. The Morgan fingerprint density at radius 2 is 2.29 bits per heavy atom. The number of carbonyl (C=O) groups is 1. The van der Waals surface area contributed by atoms with Crippen molar-refractivity contribution in [1.82, 2.24) is 4.57 Å².